The number of fused-ring (bicyclic) bond motifs is 4. The largest absolute Gasteiger partial charge is 0.348 e. The molecule has 0 aliphatic heterocycles. The fourth-order valence-electron chi connectivity index (χ4n) is 3.91. The molecule has 116 valence electrons. The molecule has 1 amide bonds. The van der Waals surface area contributed by atoms with E-state index in [9.17, 15) is 4.79 Å². The van der Waals surface area contributed by atoms with Crippen LogP contribution in [0.3, 0.4) is 0 Å². The Morgan fingerprint density at radius 3 is 3.17 bits per heavy atom. The van der Waals surface area contributed by atoms with Gasteiger partial charge >= 0.3 is 0 Å². The predicted molar refractivity (Wildman–Crippen MR) is 90.4 cm³/mol. The highest BCUT2D eigenvalue weighted by Crippen LogP contribution is 2.57. The average molecular weight is 344 g/mol. The summed E-state index contributed by atoms with van der Waals surface area (Å²) in [7, 11) is 0. The van der Waals surface area contributed by atoms with E-state index in [0.29, 0.717) is 11.8 Å². The maximum atomic E-state index is 12.6. The molecule has 2 aliphatic rings. The van der Waals surface area contributed by atoms with Crippen LogP contribution in [0.15, 0.2) is 30.7 Å². The number of aromatic nitrogens is 2. The van der Waals surface area contributed by atoms with Gasteiger partial charge < -0.3 is 5.32 Å². The van der Waals surface area contributed by atoms with Crippen molar-refractivity contribution in [1.29, 1.82) is 0 Å². The van der Waals surface area contributed by atoms with Gasteiger partial charge in [-0.2, -0.15) is 0 Å². The van der Waals surface area contributed by atoms with E-state index in [0.717, 1.165) is 26.8 Å². The lowest BCUT2D eigenvalue weighted by Gasteiger charge is -2.10. The molecule has 2 aliphatic carbocycles. The molecule has 1 fully saturated rings. The van der Waals surface area contributed by atoms with Crippen LogP contribution < -0.4 is 5.32 Å². The van der Waals surface area contributed by atoms with Crippen LogP contribution in [0.4, 0.5) is 0 Å². The molecule has 0 radical (unpaired) electrons. The topological polar surface area (TPSA) is 46.4 Å². The summed E-state index contributed by atoms with van der Waals surface area (Å²) in [5.74, 6) is 0.960. The Morgan fingerprint density at radius 1 is 1.48 bits per heavy atom. The number of halogens is 1. The van der Waals surface area contributed by atoms with Gasteiger partial charge in [0.05, 0.1) is 6.20 Å². The molecule has 0 saturated heterocycles. The van der Waals surface area contributed by atoms with Gasteiger partial charge in [-0.3, -0.25) is 9.20 Å². The molecule has 1 aromatic carbocycles. The van der Waals surface area contributed by atoms with Crippen LogP contribution in [0.5, 0.6) is 0 Å². The average Bonchev–Trinajstić information content (AvgIpc) is 2.91. The number of hydrogen-bond acceptors (Lipinski definition) is 3. The van der Waals surface area contributed by atoms with Crippen LogP contribution in [0, 0.1) is 12.8 Å². The maximum Gasteiger partial charge on any atom is 0.263 e. The Morgan fingerprint density at radius 2 is 2.35 bits per heavy atom. The highest BCUT2D eigenvalue weighted by atomic mass is 35.5. The smallest absolute Gasteiger partial charge is 0.263 e. The number of amides is 1. The number of carbonyl (C=O) groups is 1. The first-order valence-electron chi connectivity index (χ1n) is 7.65. The van der Waals surface area contributed by atoms with Crippen molar-refractivity contribution in [1.82, 2.24) is 14.7 Å². The number of rotatable bonds is 2. The highest BCUT2D eigenvalue weighted by Gasteiger charge is 2.56. The monoisotopic (exact) mass is 343 g/mol. The number of benzene rings is 1. The molecule has 4 nitrogen and oxygen atoms in total. The van der Waals surface area contributed by atoms with Crippen molar-refractivity contribution in [3.8, 4) is 0 Å². The summed E-state index contributed by atoms with van der Waals surface area (Å²) < 4.78 is 1.96. The van der Waals surface area contributed by atoms with E-state index >= 15 is 0 Å². The first-order valence-corrected chi connectivity index (χ1v) is 8.84. The summed E-state index contributed by atoms with van der Waals surface area (Å²) in [6.45, 7) is 1.96. The number of nitrogens with one attached hydrogen (secondary N) is 1. The molecule has 6 heteroatoms. The van der Waals surface area contributed by atoms with Gasteiger partial charge in [0.1, 0.15) is 16.0 Å². The number of aryl methyl sites for hydroxylation is 1. The van der Waals surface area contributed by atoms with Crippen LogP contribution in [-0.4, -0.2) is 21.3 Å². The van der Waals surface area contributed by atoms with Crippen molar-refractivity contribution in [3.05, 3.63) is 57.4 Å². The summed E-state index contributed by atoms with van der Waals surface area (Å²) in [4.78, 5) is 18.5. The van der Waals surface area contributed by atoms with E-state index in [1.807, 2.05) is 23.5 Å². The molecule has 3 atom stereocenters. The number of carbonyl (C=O) groups excluding carboxylic acids is 1. The van der Waals surface area contributed by atoms with Gasteiger partial charge in [0.2, 0.25) is 0 Å². The van der Waals surface area contributed by atoms with E-state index in [1.165, 1.54) is 22.5 Å². The van der Waals surface area contributed by atoms with Crippen molar-refractivity contribution in [3.63, 3.8) is 0 Å². The van der Waals surface area contributed by atoms with Gasteiger partial charge in [0.25, 0.3) is 5.91 Å². The molecule has 1 saturated carbocycles. The summed E-state index contributed by atoms with van der Waals surface area (Å²) in [6.07, 6.45) is 4.51. The molecule has 23 heavy (non-hydrogen) atoms. The molecule has 2 heterocycles. The fraction of sp³-hybridized carbons (Fsp3) is 0.294. The number of imidazole rings is 1. The molecule has 3 unspecified atom stereocenters. The second-order valence-corrected chi connectivity index (χ2v) is 7.76. The van der Waals surface area contributed by atoms with Crippen molar-refractivity contribution in [2.45, 2.75) is 25.3 Å². The lowest BCUT2D eigenvalue weighted by Crippen LogP contribution is -2.28. The summed E-state index contributed by atoms with van der Waals surface area (Å²) in [6, 6.07) is 6.34. The minimum absolute atomic E-state index is 0.0270. The van der Waals surface area contributed by atoms with Crippen LogP contribution in [0.1, 0.15) is 32.4 Å². The second kappa shape index (κ2) is 4.58. The molecule has 0 spiro atoms. The third kappa shape index (κ3) is 1.83. The predicted octanol–water partition coefficient (Wildman–Crippen LogP) is 3.43. The quantitative estimate of drug-likeness (QED) is 0.775. The Kier molecular flexibility index (Phi) is 2.71. The Balaban J connectivity index is 1.39. The molecule has 2 aromatic heterocycles. The molecular weight excluding hydrogens is 330 g/mol. The number of nitrogens with zero attached hydrogens (tertiary/aromatic N) is 2. The van der Waals surface area contributed by atoms with E-state index in [2.05, 4.69) is 16.4 Å². The standard InChI is InChI=1S/C17H14ClN3OS/c1-8-16(23-13-6-19-7-21(8)13)17(22)20-15-11-5-10-9(14(11)15)3-2-4-12(10)18/h2-4,6-7,11,14-15H,5H2,1H3,(H,20,22). The number of hydrogen-bond donors (Lipinski definition) is 1. The second-order valence-electron chi connectivity index (χ2n) is 6.32. The normalized spacial score (nSPS) is 24.5. The summed E-state index contributed by atoms with van der Waals surface area (Å²) in [5, 5.41) is 4.08. The van der Waals surface area contributed by atoms with Crippen LogP contribution in [0.2, 0.25) is 5.02 Å². The summed E-state index contributed by atoms with van der Waals surface area (Å²) >= 11 is 7.76. The van der Waals surface area contributed by atoms with Crippen molar-refractivity contribution in [2.24, 2.45) is 5.92 Å². The van der Waals surface area contributed by atoms with E-state index < -0.39 is 0 Å². The zero-order valence-corrected chi connectivity index (χ0v) is 14.0. The Bertz CT molecular complexity index is 960. The van der Waals surface area contributed by atoms with Crippen molar-refractivity contribution < 1.29 is 4.79 Å². The van der Waals surface area contributed by atoms with Gasteiger partial charge in [-0.25, -0.2) is 4.98 Å². The minimum atomic E-state index is 0.0270. The van der Waals surface area contributed by atoms with E-state index in [1.54, 1.807) is 12.5 Å². The minimum Gasteiger partial charge on any atom is -0.348 e. The summed E-state index contributed by atoms with van der Waals surface area (Å²) in [5.41, 5.74) is 3.53. The third-order valence-corrected chi connectivity index (χ3v) is 6.68. The van der Waals surface area contributed by atoms with Gasteiger partial charge in [-0.05, 0) is 36.5 Å². The van der Waals surface area contributed by atoms with Crippen molar-refractivity contribution >= 4 is 33.7 Å². The molecule has 1 N–H and O–H groups in total. The van der Waals surface area contributed by atoms with Crippen LogP contribution in [0.25, 0.3) is 4.83 Å². The van der Waals surface area contributed by atoms with Crippen molar-refractivity contribution in [2.75, 3.05) is 0 Å². The molecule has 0 bridgehead atoms. The SMILES string of the molecule is Cc1c(C(=O)NC2C3Cc4c(Cl)cccc4C32)sc2cncn12. The lowest BCUT2D eigenvalue weighted by molar-refractivity contribution is 0.0951. The molecule has 3 aromatic rings. The van der Waals surface area contributed by atoms with E-state index in [-0.39, 0.29) is 11.9 Å². The first-order chi connectivity index (χ1) is 11.1. The van der Waals surface area contributed by atoms with Gasteiger partial charge in [-0.1, -0.05) is 23.7 Å². The van der Waals surface area contributed by atoms with Crippen LogP contribution >= 0.6 is 22.9 Å². The maximum absolute atomic E-state index is 12.6. The third-order valence-electron chi connectivity index (χ3n) is 5.13. The Labute approximate surface area is 142 Å². The Hall–Kier alpha value is -1.85. The molecule has 5 rings (SSSR count). The zero-order chi connectivity index (χ0) is 15.7. The van der Waals surface area contributed by atoms with Crippen LogP contribution in [-0.2, 0) is 6.42 Å². The number of thiazole rings is 1. The fourth-order valence-corrected chi connectivity index (χ4v) is 5.17. The van der Waals surface area contributed by atoms with Gasteiger partial charge in [0.15, 0.2) is 0 Å². The van der Waals surface area contributed by atoms with Gasteiger partial charge in [0, 0.05) is 22.7 Å². The lowest BCUT2D eigenvalue weighted by atomic mass is 10.0. The highest BCUT2D eigenvalue weighted by molar-refractivity contribution is 7.19. The van der Waals surface area contributed by atoms with Gasteiger partial charge in [-0.15, -0.1) is 11.3 Å². The zero-order valence-electron chi connectivity index (χ0n) is 12.4. The first kappa shape index (κ1) is 13.6. The van der Waals surface area contributed by atoms with E-state index in [4.69, 9.17) is 11.6 Å². The molecular formula is C17H14ClN3OS.